The Labute approximate surface area is 109 Å². The number of methoxy groups -OCH3 is 1. The van der Waals surface area contributed by atoms with Crippen LogP contribution in [0.15, 0.2) is 54.3 Å². The molecule has 0 N–H and O–H groups in total. The van der Waals surface area contributed by atoms with E-state index in [0.29, 0.717) is 0 Å². The molecule has 1 aliphatic rings. The fourth-order valence-corrected chi connectivity index (χ4v) is 2.12. The second kappa shape index (κ2) is 5.13. The Bertz CT molecular complexity index is 508. The monoisotopic (exact) mass is 241 g/mol. The molecule has 0 aliphatic carbocycles. The number of ether oxygens (including phenoxy) is 1. The summed E-state index contributed by atoms with van der Waals surface area (Å²) in [6.45, 7) is 9.30. The Balaban J connectivity index is 2.38. The van der Waals surface area contributed by atoms with Gasteiger partial charge in [-0.05, 0) is 55.3 Å². The molecule has 0 unspecified atom stereocenters. The van der Waals surface area contributed by atoms with Gasteiger partial charge in [-0.15, -0.1) is 0 Å². The second-order valence-corrected chi connectivity index (χ2v) is 4.32. The first kappa shape index (κ1) is 12.5. The van der Waals surface area contributed by atoms with Crippen LogP contribution in [0.3, 0.4) is 0 Å². The number of rotatable bonds is 3. The molecule has 1 aromatic carbocycles. The topological polar surface area (TPSA) is 12.5 Å². The van der Waals surface area contributed by atoms with Crippen molar-refractivity contribution in [1.82, 2.24) is 4.90 Å². The lowest BCUT2D eigenvalue weighted by molar-refractivity contribution is 0.414. The predicted octanol–water partition coefficient (Wildman–Crippen LogP) is 3.83. The number of benzene rings is 1. The van der Waals surface area contributed by atoms with Crippen molar-refractivity contribution in [1.29, 1.82) is 0 Å². The summed E-state index contributed by atoms with van der Waals surface area (Å²) >= 11 is 0. The lowest BCUT2D eigenvalue weighted by Crippen LogP contribution is -2.23. The SMILES string of the molecule is C=C1C(C)=CC=C(c2ccc(OC)cc2)N1CC. The van der Waals surface area contributed by atoms with Crippen molar-refractivity contribution in [3.8, 4) is 5.75 Å². The van der Waals surface area contributed by atoms with Crippen LogP contribution in [0.4, 0.5) is 0 Å². The van der Waals surface area contributed by atoms with Crippen molar-refractivity contribution >= 4 is 5.70 Å². The van der Waals surface area contributed by atoms with Crippen molar-refractivity contribution in [2.24, 2.45) is 0 Å². The Morgan fingerprint density at radius 1 is 1.17 bits per heavy atom. The lowest BCUT2D eigenvalue weighted by atomic mass is 10.0. The summed E-state index contributed by atoms with van der Waals surface area (Å²) in [5.74, 6) is 0.878. The molecule has 2 nitrogen and oxygen atoms in total. The summed E-state index contributed by atoms with van der Waals surface area (Å²) in [4.78, 5) is 2.23. The van der Waals surface area contributed by atoms with Gasteiger partial charge in [0.05, 0.1) is 7.11 Å². The highest BCUT2D eigenvalue weighted by Crippen LogP contribution is 2.30. The van der Waals surface area contributed by atoms with E-state index >= 15 is 0 Å². The molecule has 18 heavy (non-hydrogen) atoms. The van der Waals surface area contributed by atoms with Crippen molar-refractivity contribution in [3.05, 3.63) is 59.8 Å². The lowest BCUT2D eigenvalue weighted by Gasteiger charge is -2.31. The van der Waals surface area contributed by atoms with Crippen LogP contribution in [0.2, 0.25) is 0 Å². The van der Waals surface area contributed by atoms with Gasteiger partial charge in [0.2, 0.25) is 0 Å². The molecule has 0 saturated carbocycles. The normalized spacial score (nSPS) is 15.3. The number of allylic oxidation sites excluding steroid dienone is 3. The molecule has 2 rings (SSSR count). The first-order chi connectivity index (χ1) is 8.67. The average molecular weight is 241 g/mol. The number of hydrogen-bond donors (Lipinski definition) is 0. The highest BCUT2D eigenvalue weighted by Gasteiger charge is 2.17. The van der Waals surface area contributed by atoms with Gasteiger partial charge in [-0.2, -0.15) is 0 Å². The van der Waals surface area contributed by atoms with Gasteiger partial charge < -0.3 is 9.64 Å². The third-order valence-electron chi connectivity index (χ3n) is 3.27. The summed E-state index contributed by atoms with van der Waals surface area (Å²) in [5.41, 5.74) is 4.67. The zero-order valence-corrected chi connectivity index (χ0v) is 11.2. The molecule has 1 heterocycles. The summed E-state index contributed by atoms with van der Waals surface area (Å²) in [6, 6.07) is 8.13. The van der Waals surface area contributed by atoms with Crippen molar-refractivity contribution < 1.29 is 4.74 Å². The predicted molar refractivity (Wildman–Crippen MR) is 76.2 cm³/mol. The molecule has 0 fully saturated rings. The van der Waals surface area contributed by atoms with Crippen LogP contribution in [0.25, 0.3) is 5.70 Å². The minimum atomic E-state index is 0.878. The van der Waals surface area contributed by atoms with Crippen LogP contribution < -0.4 is 4.74 Å². The van der Waals surface area contributed by atoms with Gasteiger partial charge in [-0.25, -0.2) is 0 Å². The Morgan fingerprint density at radius 2 is 1.83 bits per heavy atom. The maximum atomic E-state index is 5.19. The Kier molecular flexibility index (Phi) is 3.56. The smallest absolute Gasteiger partial charge is 0.118 e. The van der Waals surface area contributed by atoms with E-state index in [1.165, 1.54) is 16.8 Å². The van der Waals surface area contributed by atoms with Gasteiger partial charge in [0.25, 0.3) is 0 Å². The van der Waals surface area contributed by atoms with Crippen LogP contribution >= 0.6 is 0 Å². The first-order valence-electron chi connectivity index (χ1n) is 6.17. The molecule has 1 aliphatic heterocycles. The molecule has 0 saturated heterocycles. The third kappa shape index (κ3) is 2.19. The van der Waals surface area contributed by atoms with E-state index < -0.39 is 0 Å². The molecule has 0 radical (unpaired) electrons. The molecule has 2 heteroatoms. The molecule has 1 aromatic rings. The Hall–Kier alpha value is -1.96. The molecule has 94 valence electrons. The molecule has 0 bridgehead atoms. The molecule has 0 aromatic heterocycles. The van der Waals surface area contributed by atoms with Gasteiger partial charge in [0.1, 0.15) is 5.75 Å². The minimum Gasteiger partial charge on any atom is -0.497 e. The van der Waals surface area contributed by atoms with E-state index in [-0.39, 0.29) is 0 Å². The molecule has 0 spiro atoms. The van der Waals surface area contributed by atoms with Crippen molar-refractivity contribution in [2.75, 3.05) is 13.7 Å². The molecule has 0 amide bonds. The largest absolute Gasteiger partial charge is 0.497 e. The standard InChI is InChI=1S/C16H19NO/c1-5-17-13(3)12(2)6-11-16(17)14-7-9-15(18-4)10-8-14/h6-11H,3,5H2,1-2,4H3. The number of likely N-dealkylation sites (N-methyl/N-ethyl adjacent to an activating group) is 1. The van der Waals surface area contributed by atoms with Gasteiger partial charge >= 0.3 is 0 Å². The fourth-order valence-electron chi connectivity index (χ4n) is 2.12. The van der Waals surface area contributed by atoms with Gasteiger partial charge in [0, 0.05) is 17.9 Å². The van der Waals surface area contributed by atoms with Crippen LogP contribution in [0.5, 0.6) is 5.75 Å². The molecular weight excluding hydrogens is 222 g/mol. The second-order valence-electron chi connectivity index (χ2n) is 4.32. The van der Waals surface area contributed by atoms with Crippen LogP contribution in [-0.4, -0.2) is 18.6 Å². The number of hydrogen-bond acceptors (Lipinski definition) is 2. The summed E-state index contributed by atoms with van der Waals surface area (Å²) in [7, 11) is 1.68. The van der Waals surface area contributed by atoms with E-state index in [1.807, 2.05) is 12.1 Å². The zero-order valence-electron chi connectivity index (χ0n) is 11.2. The molecular formula is C16H19NO. The van der Waals surface area contributed by atoms with E-state index in [0.717, 1.165) is 18.0 Å². The third-order valence-corrected chi connectivity index (χ3v) is 3.27. The van der Waals surface area contributed by atoms with E-state index in [4.69, 9.17) is 4.74 Å². The number of nitrogens with zero attached hydrogens (tertiary/aromatic N) is 1. The highest BCUT2D eigenvalue weighted by molar-refractivity contribution is 5.70. The highest BCUT2D eigenvalue weighted by atomic mass is 16.5. The first-order valence-corrected chi connectivity index (χ1v) is 6.17. The maximum Gasteiger partial charge on any atom is 0.118 e. The summed E-state index contributed by atoms with van der Waals surface area (Å²) in [6.07, 6.45) is 4.27. The minimum absolute atomic E-state index is 0.878. The average Bonchev–Trinajstić information content (AvgIpc) is 2.42. The molecule has 0 atom stereocenters. The van der Waals surface area contributed by atoms with E-state index in [1.54, 1.807) is 7.11 Å². The van der Waals surface area contributed by atoms with Crippen molar-refractivity contribution in [2.45, 2.75) is 13.8 Å². The summed E-state index contributed by atoms with van der Waals surface area (Å²) < 4.78 is 5.19. The van der Waals surface area contributed by atoms with Crippen LogP contribution in [0, 0.1) is 0 Å². The summed E-state index contributed by atoms with van der Waals surface area (Å²) in [5, 5.41) is 0. The quantitative estimate of drug-likeness (QED) is 0.797. The van der Waals surface area contributed by atoms with Gasteiger partial charge in [0.15, 0.2) is 0 Å². The van der Waals surface area contributed by atoms with Crippen LogP contribution in [0.1, 0.15) is 19.4 Å². The Morgan fingerprint density at radius 3 is 2.39 bits per heavy atom. The van der Waals surface area contributed by atoms with E-state index in [9.17, 15) is 0 Å². The van der Waals surface area contributed by atoms with Gasteiger partial charge in [-0.3, -0.25) is 0 Å². The zero-order chi connectivity index (χ0) is 13.1. The van der Waals surface area contributed by atoms with Crippen molar-refractivity contribution in [3.63, 3.8) is 0 Å². The van der Waals surface area contributed by atoms with Gasteiger partial charge in [-0.1, -0.05) is 12.7 Å². The van der Waals surface area contributed by atoms with Crippen LogP contribution in [-0.2, 0) is 0 Å². The van der Waals surface area contributed by atoms with E-state index in [2.05, 4.69) is 49.6 Å². The fraction of sp³-hybridized carbons (Fsp3) is 0.250. The maximum absolute atomic E-state index is 5.19.